The van der Waals surface area contributed by atoms with Crippen LogP contribution in [0.1, 0.15) is 6.92 Å². The second-order valence-corrected chi connectivity index (χ2v) is 7.29. The van der Waals surface area contributed by atoms with Crippen molar-refractivity contribution in [2.24, 2.45) is 0 Å². The van der Waals surface area contributed by atoms with E-state index in [-0.39, 0.29) is 34.0 Å². The third-order valence-electron chi connectivity index (χ3n) is 5.09. The van der Waals surface area contributed by atoms with Crippen LogP contribution in [0.3, 0.4) is 0 Å². The lowest BCUT2D eigenvalue weighted by atomic mass is 10.00. The molecule has 4 rings (SSSR count). The van der Waals surface area contributed by atoms with Crippen molar-refractivity contribution in [3.63, 3.8) is 0 Å². The average molecular weight is 432 g/mol. The number of aliphatic hydroxyl groups excluding tert-OH is 3. The maximum absolute atomic E-state index is 12.4. The number of phenolic OH excluding ortho intramolecular Hbond substituents is 3. The lowest BCUT2D eigenvalue weighted by molar-refractivity contribution is -0.268. The smallest absolute Gasteiger partial charge is 0.229 e. The van der Waals surface area contributed by atoms with Gasteiger partial charge in [0.1, 0.15) is 46.5 Å². The van der Waals surface area contributed by atoms with E-state index in [4.69, 9.17) is 13.9 Å². The molecule has 1 saturated heterocycles. The molecule has 1 aliphatic heterocycles. The predicted octanol–water partition coefficient (Wildman–Crippen LogP) is 0.783. The minimum Gasteiger partial charge on any atom is -0.508 e. The Morgan fingerprint density at radius 1 is 0.903 bits per heavy atom. The highest BCUT2D eigenvalue weighted by molar-refractivity contribution is 5.86. The number of hydrogen-bond donors (Lipinski definition) is 6. The molecular formula is C21H20O10. The van der Waals surface area contributed by atoms with Crippen LogP contribution in [0.2, 0.25) is 0 Å². The van der Waals surface area contributed by atoms with Crippen molar-refractivity contribution in [3.05, 3.63) is 46.6 Å². The fraction of sp³-hybridized carbons (Fsp3) is 0.286. The van der Waals surface area contributed by atoms with Crippen LogP contribution in [0.5, 0.6) is 23.0 Å². The molecule has 3 aromatic rings. The first-order valence-electron chi connectivity index (χ1n) is 9.35. The molecule has 0 amide bonds. The van der Waals surface area contributed by atoms with Gasteiger partial charge in [-0.05, 0) is 25.1 Å². The third-order valence-corrected chi connectivity index (χ3v) is 5.09. The number of fused-ring (bicyclic) bond motifs is 1. The number of aromatic hydroxyl groups is 3. The zero-order chi connectivity index (χ0) is 22.4. The Kier molecular flexibility index (Phi) is 5.23. The Bertz CT molecular complexity index is 1190. The maximum Gasteiger partial charge on any atom is 0.229 e. The number of ether oxygens (including phenoxy) is 2. The lowest BCUT2D eigenvalue weighted by Gasteiger charge is -2.38. The summed E-state index contributed by atoms with van der Waals surface area (Å²) in [6, 6.07) is 7.38. The minimum atomic E-state index is -1.55. The van der Waals surface area contributed by atoms with Gasteiger partial charge in [0.2, 0.25) is 6.29 Å². The molecular weight excluding hydrogens is 412 g/mol. The average Bonchev–Trinajstić information content (AvgIpc) is 2.70. The molecule has 1 aliphatic rings. The molecule has 1 aromatic heterocycles. The summed E-state index contributed by atoms with van der Waals surface area (Å²) < 4.78 is 16.4. The monoisotopic (exact) mass is 432 g/mol. The van der Waals surface area contributed by atoms with Crippen LogP contribution in [0.25, 0.3) is 22.3 Å². The summed E-state index contributed by atoms with van der Waals surface area (Å²) >= 11 is 0. The second-order valence-electron chi connectivity index (χ2n) is 7.29. The molecule has 2 aromatic carbocycles. The molecule has 0 aliphatic carbocycles. The van der Waals surface area contributed by atoms with Crippen LogP contribution in [0.4, 0.5) is 0 Å². The molecule has 1 fully saturated rings. The van der Waals surface area contributed by atoms with Gasteiger partial charge in [0, 0.05) is 23.8 Å². The van der Waals surface area contributed by atoms with Crippen molar-refractivity contribution in [2.45, 2.75) is 37.6 Å². The van der Waals surface area contributed by atoms with Crippen molar-refractivity contribution in [2.75, 3.05) is 0 Å². The van der Waals surface area contributed by atoms with E-state index < -0.39 is 41.9 Å². The van der Waals surface area contributed by atoms with E-state index in [0.29, 0.717) is 5.56 Å². The molecule has 5 atom stereocenters. The van der Waals surface area contributed by atoms with Crippen LogP contribution in [0.15, 0.2) is 45.6 Å². The Morgan fingerprint density at radius 3 is 2.35 bits per heavy atom. The van der Waals surface area contributed by atoms with Gasteiger partial charge >= 0.3 is 0 Å². The lowest BCUT2D eigenvalue weighted by Crippen LogP contribution is -2.58. The first-order chi connectivity index (χ1) is 14.7. The van der Waals surface area contributed by atoms with E-state index in [9.17, 15) is 35.4 Å². The highest BCUT2D eigenvalue weighted by Crippen LogP contribution is 2.35. The van der Waals surface area contributed by atoms with Gasteiger partial charge in [0.25, 0.3) is 0 Å². The quantitative estimate of drug-likeness (QED) is 0.348. The summed E-state index contributed by atoms with van der Waals surface area (Å²) in [5.74, 6) is -1.10. The van der Waals surface area contributed by atoms with Gasteiger partial charge in [-0.15, -0.1) is 0 Å². The Morgan fingerprint density at radius 2 is 1.65 bits per heavy atom. The highest BCUT2D eigenvalue weighted by Gasteiger charge is 2.43. The van der Waals surface area contributed by atoms with E-state index in [1.165, 1.54) is 31.2 Å². The predicted molar refractivity (Wildman–Crippen MR) is 106 cm³/mol. The van der Waals surface area contributed by atoms with Gasteiger partial charge in [0.05, 0.1) is 6.10 Å². The number of rotatable bonds is 3. The topological polar surface area (TPSA) is 170 Å². The highest BCUT2D eigenvalue weighted by atomic mass is 16.7. The molecule has 0 unspecified atom stereocenters. The number of hydrogen-bond acceptors (Lipinski definition) is 10. The standard InChI is InChI=1S/C21H20O10/c1-8-18(26)19(27)20(28)21(29-8)31-14-3-2-9(4-11(14)23)15-7-13(25)17-12(24)5-10(22)6-16(17)30-15/h2-8,18-24,26-28H,1H3/t8-,18-,19+,20+,21-/m0/s1. The van der Waals surface area contributed by atoms with Gasteiger partial charge in [0.15, 0.2) is 16.9 Å². The summed E-state index contributed by atoms with van der Waals surface area (Å²) in [6.45, 7) is 1.50. The van der Waals surface area contributed by atoms with E-state index in [1.807, 2.05) is 0 Å². The fourth-order valence-corrected chi connectivity index (χ4v) is 3.40. The zero-order valence-corrected chi connectivity index (χ0v) is 16.2. The molecule has 10 nitrogen and oxygen atoms in total. The molecule has 31 heavy (non-hydrogen) atoms. The largest absolute Gasteiger partial charge is 0.508 e. The minimum absolute atomic E-state index is 0.0416. The third kappa shape index (κ3) is 3.77. The summed E-state index contributed by atoms with van der Waals surface area (Å²) in [6.07, 6.45) is -6.49. The molecule has 10 heteroatoms. The van der Waals surface area contributed by atoms with Crippen LogP contribution in [-0.2, 0) is 4.74 Å². The first-order valence-corrected chi connectivity index (χ1v) is 9.35. The van der Waals surface area contributed by atoms with Crippen LogP contribution in [0, 0.1) is 0 Å². The Hall–Kier alpha value is -3.31. The van der Waals surface area contributed by atoms with Crippen molar-refractivity contribution in [3.8, 4) is 34.3 Å². The first kappa shape index (κ1) is 20.9. The molecule has 2 heterocycles. The molecule has 0 spiro atoms. The van der Waals surface area contributed by atoms with Crippen molar-refractivity contribution < 1.29 is 44.5 Å². The van der Waals surface area contributed by atoms with Gasteiger partial charge in [-0.1, -0.05) is 0 Å². The molecule has 164 valence electrons. The fourth-order valence-electron chi connectivity index (χ4n) is 3.40. The maximum atomic E-state index is 12.4. The molecule has 0 bridgehead atoms. The van der Waals surface area contributed by atoms with Crippen LogP contribution >= 0.6 is 0 Å². The van der Waals surface area contributed by atoms with Gasteiger partial charge in [-0.25, -0.2) is 0 Å². The summed E-state index contributed by atoms with van der Waals surface area (Å²) in [7, 11) is 0. The normalized spacial score (nSPS) is 26.1. The summed E-state index contributed by atoms with van der Waals surface area (Å²) in [5.41, 5.74) is -0.297. The molecule has 6 N–H and O–H groups in total. The van der Waals surface area contributed by atoms with Crippen LogP contribution in [-0.4, -0.2) is 61.3 Å². The Labute approximate surface area is 174 Å². The van der Waals surface area contributed by atoms with Gasteiger partial charge in [-0.2, -0.15) is 0 Å². The van der Waals surface area contributed by atoms with Gasteiger partial charge < -0.3 is 44.5 Å². The second kappa shape index (κ2) is 7.75. The van der Waals surface area contributed by atoms with E-state index in [2.05, 4.69) is 0 Å². The van der Waals surface area contributed by atoms with Crippen molar-refractivity contribution in [1.29, 1.82) is 0 Å². The van der Waals surface area contributed by atoms with E-state index >= 15 is 0 Å². The van der Waals surface area contributed by atoms with E-state index in [1.54, 1.807) is 0 Å². The SMILES string of the molecule is C[C@@H]1O[C@@H](Oc2ccc(-c3cc(=O)c4c(O)cc(O)cc4o3)cc2O)[C@H](O)[C@H](O)[C@H]1O. The van der Waals surface area contributed by atoms with Crippen molar-refractivity contribution in [1.82, 2.24) is 0 Å². The number of benzene rings is 2. The van der Waals surface area contributed by atoms with Crippen LogP contribution < -0.4 is 10.2 Å². The van der Waals surface area contributed by atoms with Gasteiger partial charge in [-0.3, -0.25) is 4.79 Å². The van der Waals surface area contributed by atoms with E-state index in [0.717, 1.165) is 12.1 Å². The number of phenols is 3. The van der Waals surface area contributed by atoms with Crippen molar-refractivity contribution >= 4 is 11.0 Å². The Balaban J connectivity index is 1.64. The summed E-state index contributed by atoms with van der Waals surface area (Å²) in [5, 5.41) is 59.4. The number of aliphatic hydroxyl groups is 3. The molecule has 0 saturated carbocycles. The summed E-state index contributed by atoms with van der Waals surface area (Å²) in [4.78, 5) is 12.4. The zero-order valence-electron chi connectivity index (χ0n) is 16.2. The molecule has 0 radical (unpaired) electrons.